The summed E-state index contributed by atoms with van der Waals surface area (Å²) >= 11 is 0. The molecule has 0 aliphatic rings. The predicted molar refractivity (Wildman–Crippen MR) is 79.5 cm³/mol. The van der Waals surface area contributed by atoms with E-state index in [9.17, 15) is 10.2 Å². The molecule has 0 saturated heterocycles. The predicted octanol–water partition coefficient (Wildman–Crippen LogP) is 2.89. The highest BCUT2D eigenvalue weighted by molar-refractivity contribution is 5.06. The molecule has 0 rings (SSSR count). The number of unbranched alkanes of at least 4 members (excludes halogenated alkanes) is 1. The van der Waals surface area contributed by atoms with E-state index in [4.69, 9.17) is 5.11 Å². The summed E-state index contributed by atoms with van der Waals surface area (Å²) in [6, 6.07) is 0. The van der Waals surface area contributed by atoms with E-state index in [1.165, 1.54) is 5.92 Å². The van der Waals surface area contributed by atoms with Gasteiger partial charge in [0.1, 0.15) is 6.10 Å². The summed E-state index contributed by atoms with van der Waals surface area (Å²) in [6.45, 7) is 9.97. The molecule has 0 fully saturated rings. The van der Waals surface area contributed by atoms with Gasteiger partial charge in [-0.15, -0.1) is 0 Å². The van der Waals surface area contributed by atoms with Crippen molar-refractivity contribution in [1.82, 2.24) is 0 Å². The van der Waals surface area contributed by atoms with E-state index < -0.39 is 12.2 Å². The molecule has 0 aromatic heterocycles. The number of aliphatic hydroxyl groups excluding tert-OH is 3. The van der Waals surface area contributed by atoms with Crippen LogP contribution < -0.4 is 0 Å². The lowest BCUT2D eigenvalue weighted by atomic mass is 9.64. The van der Waals surface area contributed by atoms with Gasteiger partial charge in [0, 0.05) is 0 Å². The van der Waals surface area contributed by atoms with Gasteiger partial charge in [-0.05, 0) is 43.4 Å². The minimum atomic E-state index is -1.04. The lowest BCUT2D eigenvalue weighted by molar-refractivity contribution is -0.0387. The van der Waals surface area contributed by atoms with E-state index in [2.05, 4.69) is 27.7 Å². The molecule has 0 bridgehead atoms. The lowest BCUT2D eigenvalue weighted by Gasteiger charge is -2.42. The molecule has 0 aromatic carbocycles. The first-order valence-corrected chi connectivity index (χ1v) is 7.62. The van der Waals surface area contributed by atoms with Crippen molar-refractivity contribution >= 4 is 0 Å². The largest absolute Gasteiger partial charge is 0.394 e. The Morgan fingerprint density at radius 2 is 1.68 bits per heavy atom. The lowest BCUT2D eigenvalue weighted by Crippen LogP contribution is -2.38. The van der Waals surface area contributed by atoms with Crippen molar-refractivity contribution in [3.8, 4) is 0 Å². The summed E-state index contributed by atoms with van der Waals surface area (Å²) in [4.78, 5) is 0. The molecule has 3 atom stereocenters. The Morgan fingerprint density at radius 3 is 2.05 bits per heavy atom. The van der Waals surface area contributed by atoms with Gasteiger partial charge in [-0.25, -0.2) is 0 Å². The molecule has 3 nitrogen and oxygen atoms in total. The molecule has 1 unspecified atom stereocenters. The standard InChI is InChI=1S/C16H32O3/c1-5-9-10-16(8-4,13(6-2)7-3)11-14(18)15(19)12-17/h14-15,17-19H,1,5-12H2,2-4H3/t14-,15+,16?/m0/s1. The van der Waals surface area contributed by atoms with Crippen LogP contribution in [0.3, 0.4) is 0 Å². The summed E-state index contributed by atoms with van der Waals surface area (Å²) in [5.41, 5.74) is -0.0310. The second kappa shape index (κ2) is 9.73. The van der Waals surface area contributed by atoms with Crippen molar-refractivity contribution in [2.24, 2.45) is 5.41 Å². The van der Waals surface area contributed by atoms with E-state index in [1.54, 1.807) is 0 Å². The average molecular weight is 272 g/mol. The quantitative estimate of drug-likeness (QED) is 0.542. The van der Waals surface area contributed by atoms with Gasteiger partial charge in [-0.1, -0.05) is 40.5 Å². The SMILES string of the molecule is [CH2]CCCC(CC)(C[C@H](O)[C@H](O)CO)[C](CC)CC. The molecule has 0 spiro atoms. The maximum absolute atomic E-state index is 10.1. The fraction of sp³-hybridized carbons (Fsp3) is 0.875. The first-order chi connectivity index (χ1) is 9.01. The Morgan fingerprint density at radius 1 is 1.11 bits per heavy atom. The molecule has 0 aliphatic heterocycles. The monoisotopic (exact) mass is 272 g/mol. The molecular weight excluding hydrogens is 240 g/mol. The Labute approximate surface area is 119 Å². The first-order valence-electron chi connectivity index (χ1n) is 7.62. The minimum absolute atomic E-state index is 0.0310. The molecule has 3 N–H and O–H groups in total. The summed E-state index contributed by atoms with van der Waals surface area (Å²) in [6.07, 6.45) is 4.51. The van der Waals surface area contributed by atoms with E-state index in [-0.39, 0.29) is 12.0 Å². The summed E-state index contributed by atoms with van der Waals surface area (Å²) < 4.78 is 0. The van der Waals surface area contributed by atoms with Gasteiger partial charge in [0.25, 0.3) is 0 Å². The fourth-order valence-electron chi connectivity index (χ4n) is 3.12. The molecule has 0 aliphatic carbocycles. The second-order valence-corrected chi connectivity index (χ2v) is 5.42. The van der Waals surface area contributed by atoms with Gasteiger partial charge in [0.05, 0.1) is 12.7 Å². The first kappa shape index (κ1) is 18.9. The molecule has 0 heterocycles. The number of aliphatic hydroxyl groups is 3. The Hall–Kier alpha value is -0.120. The fourth-order valence-corrected chi connectivity index (χ4v) is 3.12. The number of hydrogen-bond acceptors (Lipinski definition) is 3. The molecule has 2 radical (unpaired) electrons. The van der Waals surface area contributed by atoms with Gasteiger partial charge in [0.2, 0.25) is 0 Å². The van der Waals surface area contributed by atoms with Crippen molar-refractivity contribution in [2.75, 3.05) is 6.61 Å². The third-order valence-electron chi connectivity index (χ3n) is 4.42. The van der Waals surface area contributed by atoms with Crippen molar-refractivity contribution in [3.05, 3.63) is 12.8 Å². The zero-order valence-electron chi connectivity index (χ0n) is 12.9. The Bertz CT molecular complexity index is 216. The highest BCUT2D eigenvalue weighted by Gasteiger charge is 2.38. The zero-order valence-corrected chi connectivity index (χ0v) is 12.9. The molecule has 114 valence electrons. The Kier molecular flexibility index (Phi) is 9.67. The van der Waals surface area contributed by atoms with Crippen LogP contribution in [-0.2, 0) is 0 Å². The van der Waals surface area contributed by atoms with E-state index in [0.717, 1.165) is 38.5 Å². The zero-order chi connectivity index (χ0) is 14.9. The summed E-state index contributed by atoms with van der Waals surface area (Å²) in [7, 11) is 0. The van der Waals surface area contributed by atoms with Gasteiger partial charge in [-0.2, -0.15) is 0 Å². The second-order valence-electron chi connectivity index (χ2n) is 5.42. The normalized spacial score (nSPS) is 18.3. The van der Waals surface area contributed by atoms with Crippen LogP contribution in [-0.4, -0.2) is 34.1 Å². The highest BCUT2D eigenvalue weighted by atomic mass is 16.4. The van der Waals surface area contributed by atoms with Crippen molar-refractivity contribution in [2.45, 2.75) is 77.9 Å². The van der Waals surface area contributed by atoms with Gasteiger partial charge in [-0.3, -0.25) is 0 Å². The highest BCUT2D eigenvalue weighted by Crippen LogP contribution is 2.46. The van der Waals surface area contributed by atoms with Crippen LogP contribution in [0, 0.1) is 18.3 Å². The summed E-state index contributed by atoms with van der Waals surface area (Å²) in [5, 5.41) is 28.7. The molecule has 0 saturated carbocycles. The minimum Gasteiger partial charge on any atom is -0.394 e. The van der Waals surface area contributed by atoms with Crippen molar-refractivity contribution < 1.29 is 15.3 Å². The maximum atomic E-state index is 10.1. The number of hydrogen-bond donors (Lipinski definition) is 3. The van der Waals surface area contributed by atoms with Crippen molar-refractivity contribution in [3.63, 3.8) is 0 Å². The third-order valence-corrected chi connectivity index (χ3v) is 4.42. The van der Waals surface area contributed by atoms with Crippen LogP contribution in [0.1, 0.15) is 65.7 Å². The Balaban J connectivity index is 4.99. The van der Waals surface area contributed by atoms with Crippen LogP contribution in [0.25, 0.3) is 0 Å². The number of rotatable bonds is 11. The van der Waals surface area contributed by atoms with E-state index in [0.29, 0.717) is 6.42 Å². The van der Waals surface area contributed by atoms with Gasteiger partial charge < -0.3 is 15.3 Å². The van der Waals surface area contributed by atoms with Crippen LogP contribution in [0.2, 0.25) is 0 Å². The molecule has 19 heavy (non-hydrogen) atoms. The topological polar surface area (TPSA) is 60.7 Å². The van der Waals surface area contributed by atoms with Gasteiger partial charge >= 0.3 is 0 Å². The third kappa shape index (κ3) is 5.41. The van der Waals surface area contributed by atoms with E-state index >= 15 is 0 Å². The average Bonchev–Trinajstić information content (AvgIpc) is 2.44. The van der Waals surface area contributed by atoms with Crippen LogP contribution in [0.5, 0.6) is 0 Å². The molecule has 3 heteroatoms. The summed E-state index contributed by atoms with van der Waals surface area (Å²) in [5.74, 6) is 1.45. The molecule has 0 amide bonds. The van der Waals surface area contributed by atoms with Crippen LogP contribution >= 0.6 is 0 Å². The van der Waals surface area contributed by atoms with Crippen LogP contribution in [0.15, 0.2) is 0 Å². The molecule has 0 aromatic rings. The van der Waals surface area contributed by atoms with Crippen LogP contribution in [0.4, 0.5) is 0 Å². The smallest absolute Gasteiger partial charge is 0.103 e. The maximum Gasteiger partial charge on any atom is 0.103 e. The van der Waals surface area contributed by atoms with E-state index in [1.807, 2.05) is 0 Å². The van der Waals surface area contributed by atoms with Gasteiger partial charge in [0.15, 0.2) is 0 Å². The molecular formula is C16H32O3. The van der Waals surface area contributed by atoms with Crippen molar-refractivity contribution in [1.29, 1.82) is 0 Å².